The molecule has 1 fully saturated rings. The molecule has 0 aliphatic heterocycles. The Balaban J connectivity index is 2.29. The van der Waals surface area contributed by atoms with E-state index in [2.05, 4.69) is 0 Å². The van der Waals surface area contributed by atoms with E-state index in [0.29, 0.717) is 12.8 Å². The Morgan fingerprint density at radius 3 is 2.38 bits per heavy atom. The molecular weight excluding hydrogens is 332 g/mol. The number of allylic oxidation sites excluding steroid dienone is 1. The lowest BCUT2D eigenvalue weighted by Gasteiger charge is -2.40. The fraction of sp³-hybridized carbons (Fsp3) is 0.762. The SMILES string of the molecule is COC(=O)[C@]12C/C=C\C(OC(C)=O)CCCCCCC[C@H]1CCCC2=O. The number of carbonyl (C=O) groups is 3. The van der Waals surface area contributed by atoms with E-state index >= 15 is 0 Å². The number of carbonyl (C=O) groups excluding carboxylic acids is 3. The van der Waals surface area contributed by atoms with Gasteiger partial charge in [0.05, 0.1) is 7.11 Å². The Bertz CT molecular complexity index is 529. The molecule has 1 saturated carbocycles. The summed E-state index contributed by atoms with van der Waals surface area (Å²) in [6.45, 7) is 1.41. The summed E-state index contributed by atoms with van der Waals surface area (Å²) in [5.74, 6) is -0.674. The van der Waals surface area contributed by atoms with Gasteiger partial charge in [0.25, 0.3) is 0 Å². The Morgan fingerprint density at radius 1 is 1.04 bits per heavy atom. The second-order valence-electron chi connectivity index (χ2n) is 7.60. The summed E-state index contributed by atoms with van der Waals surface area (Å²) in [7, 11) is 1.36. The number of methoxy groups -OCH3 is 1. The van der Waals surface area contributed by atoms with Gasteiger partial charge in [-0.3, -0.25) is 14.4 Å². The van der Waals surface area contributed by atoms with E-state index in [0.717, 1.165) is 57.8 Å². The number of esters is 2. The van der Waals surface area contributed by atoms with Crippen LogP contribution in [0, 0.1) is 11.3 Å². The predicted octanol–water partition coefficient (Wildman–Crippen LogP) is 4.14. The highest BCUT2D eigenvalue weighted by molar-refractivity contribution is 6.04. The minimum Gasteiger partial charge on any atom is -0.468 e. The van der Waals surface area contributed by atoms with Gasteiger partial charge in [0.1, 0.15) is 11.5 Å². The summed E-state index contributed by atoms with van der Waals surface area (Å²) >= 11 is 0. The lowest BCUT2D eigenvalue weighted by molar-refractivity contribution is -0.164. The molecule has 2 aliphatic rings. The summed E-state index contributed by atoms with van der Waals surface area (Å²) < 4.78 is 10.5. The molecule has 3 atom stereocenters. The largest absolute Gasteiger partial charge is 0.468 e. The fourth-order valence-electron chi connectivity index (χ4n) is 4.50. The van der Waals surface area contributed by atoms with Crippen LogP contribution in [0.4, 0.5) is 0 Å². The van der Waals surface area contributed by atoms with E-state index in [-0.39, 0.29) is 23.8 Å². The number of ether oxygens (including phenoxy) is 2. The van der Waals surface area contributed by atoms with Gasteiger partial charge in [-0.2, -0.15) is 0 Å². The lowest BCUT2D eigenvalue weighted by Crippen LogP contribution is -2.48. The van der Waals surface area contributed by atoms with Crippen LogP contribution in [-0.4, -0.2) is 30.9 Å². The smallest absolute Gasteiger partial charge is 0.319 e. The van der Waals surface area contributed by atoms with Crippen molar-refractivity contribution in [3.8, 4) is 0 Å². The van der Waals surface area contributed by atoms with Crippen molar-refractivity contribution in [2.45, 2.75) is 83.7 Å². The van der Waals surface area contributed by atoms with Crippen LogP contribution >= 0.6 is 0 Å². The average molecular weight is 364 g/mol. The number of fused-ring (bicyclic) bond motifs is 1. The summed E-state index contributed by atoms with van der Waals surface area (Å²) in [5.41, 5.74) is -1.07. The molecule has 0 spiro atoms. The highest BCUT2D eigenvalue weighted by atomic mass is 16.5. The van der Waals surface area contributed by atoms with Crippen LogP contribution in [0.2, 0.25) is 0 Å². The van der Waals surface area contributed by atoms with Crippen LogP contribution in [0.1, 0.15) is 77.6 Å². The molecule has 0 radical (unpaired) electrons. The summed E-state index contributed by atoms with van der Waals surface area (Å²) in [4.78, 5) is 36.9. The quantitative estimate of drug-likeness (QED) is 0.418. The zero-order valence-electron chi connectivity index (χ0n) is 16.1. The maximum Gasteiger partial charge on any atom is 0.319 e. The molecule has 0 heterocycles. The molecule has 0 aromatic rings. The van der Waals surface area contributed by atoms with E-state index in [1.54, 1.807) is 0 Å². The monoisotopic (exact) mass is 364 g/mol. The first-order valence-corrected chi connectivity index (χ1v) is 9.96. The van der Waals surface area contributed by atoms with Gasteiger partial charge in [0.15, 0.2) is 5.78 Å². The third kappa shape index (κ3) is 4.95. The molecule has 26 heavy (non-hydrogen) atoms. The zero-order valence-corrected chi connectivity index (χ0v) is 16.1. The molecule has 2 aliphatic carbocycles. The van der Waals surface area contributed by atoms with E-state index in [1.165, 1.54) is 14.0 Å². The second-order valence-corrected chi connectivity index (χ2v) is 7.60. The molecule has 0 aromatic heterocycles. The van der Waals surface area contributed by atoms with Crippen LogP contribution in [0.25, 0.3) is 0 Å². The Morgan fingerprint density at radius 2 is 1.69 bits per heavy atom. The van der Waals surface area contributed by atoms with Crippen LogP contribution in [0.5, 0.6) is 0 Å². The molecule has 1 unspecified atom stereocenters. The number of hydrogen-bond acceptors (Lipinski definition) is 5. The van der Waals surface area contributed by atoms with Crippen molar-refractivity contribution >= 4 is 17.7 Å². The first-order chi connectivity index (χ1) is 12.5. The minimum atomic E-state index is -1.07. The number of Topliss-reactive ketones (excluding diaryl/α,β-unsaturated/α-hetero) is 1. The van der Waals surface area contributed by atoms with E-state index in [1.807, 2.05) is 12.2 Å². The normalized spacial score (nSPS) is 32.2. The Kier molecular flexibility index (Phi) is 7.85. The van der Waals surface area contributed by atoms with Gasteiger partial charge in [0, 0.05) is 13.3 Å². The molecule has 5 heteroatoms. The number of hydrogen-bond donors (Lipinski definition) is 0. The van der Waals surface area contributed by atoms with Crippen molar-refractivity contribution < 1.29 is 23.9 Å². The number of ketones is 1. The summed E-state index contributed by atoms with van der Waals surface area (Å²) in [6, 6.07) is 0. The fourth-order valence-corrected chi connectivity index (χ4v) is 4.50. The van der Waals surface area contributed by atoms with Crippen LogP contribution in [0.15, 0.2) is 12.2 Å². The molecular formula is C21H32O5. The summed E-state index contributed by atoms with van der Waals surface area (Å²) in [5, 5.41) is 0. The molecule has 0 saturated heterocycles. The van der Waals surface area contributed by atoms with Gasteiger partial charge in [-0.15, -0.1) is 0 Å². The van der Waals surface area contributed by atoms with Crippen LogP contribution in [-0.2, 0) is 23.9 Å². The van der Waals surface area contributed by atoms with Crippen molar-refractivity contribution in [1.82, 2.24) is 0 Å². The zero-order chi connectivity index (χ0) is 19.0. The first kappa shape index (κ1) is 20.7. The van der Waals surface area contributed by atoms with Gasteiger partial charge in [-0.1, -0.05) is 31.8 Å². The van der Waals surface area contributed by atoms with Crippen molar-refractivity contribution in [3.05, 3.63) is 12.2 Å². The number of rotatable bonds is 2. The first-order valence-electron chi connectivity index (χ1n) is 9.96. The molecule has 0 N–H and O–H groups in total. The Labute approximate surface area is 156 Å². The molecule has 2 rings (SSSR count). The van der Waals surface area contributed by atoms with Crippen molar-refractivity contribution in [1.29, 1.82) is 0 Å². The molecule has 0 aromatic carbocycles. The third-order valence-electron chi connectivity index (χ3n) is 5.85. The third-order valence-corrected chi connectivity index (χ3v) is 5.85. The highest BCUT2D eigenvalue weighted by Crippen LogP contribution is 2.45. The van der Waals surface area contributed by atoms with Crippen molar-refractivity contribution in [2.24, 2.45) is 11.3 Å². The lowest BCUT2D eigenvalue weighted by atomic mass is 9.62. The van der Waals surface area contributed by atoms with Gasteiger partial charge < -0.3 is 9.47 Å². The molecule has 146 valence electrons. The van der Waals surface area contributed by atoms with E-state index < -0.39 is 11.4 Å². The van der Waals surface area contributed by atoms with Gasteiger partial charge in [-0.05, 0) is 50.5 Å². The van der Waals surface area contributed by atoms with Crippen molar-refractivity contribution in [2.75, 3.05) is 7.11 Å². The van der Waals surface area contributed by atoms with Crippen LogP contribution in [0.3, 0.4) is 0 Å². The van der Waals surface area contributed by atoms with E-state index in [9.17, 15) is 14.4 Å². The molecule has 0 amide bonds. The minimum absolute atomic E-state index is 0.00385. The maximum atomic E-state index is 12.9. The van der Waals surface area contributed by atoms with Crippen molar-refractivity contribution in [3.63, 3.8) is 0 Å². The topological polar surface area (TPSA) is 69.7 Å². The van der Waals surface area contributed by atoms with Gasteiger partial charge in [0.2, 0.25) is 0 Å². The standard InChI is InChI=1S/C21H32O5/c1-16(22)26-18-12-7-5-3-4-6-10-17-11-8-14-19(23)21(17,15-9-13-18)20(24)25-2/h9,13,17-18H,3-8,10-12,14-15H2,1-2H3/b13-9-/t17-,18?,21+/m0/s1. The summed E-state index contributed by atoms with van der Waals surface area (Å²) in [6.07, 6.45) is 13.0. The highest BCUT2D eigenvalue weighted by Gasteiger charge is 2.52. The molecule has 5 nitrogen and oxygen atoms in total. The van der Waals surface area contributed by atoms with E-state index in [4.69, 9.17) is 9.47 Å². The van der Waals surface area contributed by atoms with Gasteiger partial charge >= 0.3 is 11.9 Å². The maximum absolute atomic E-state index is 12.9. The Hall–Kier alpha value is -1.65. The predicted molar refractivity (Wildman–Crippen MR) is 98.4 cm³/mol. The average Bonchev–Trinajstić information content (AvgIpc) is 2.62. The van der Waals surface area contributed by atoms with Crippen LogP contribution < -0.4 is 0 Å². The second kappa shape index (κ2) is 9.89. The van der Waals surface area contributed by atoms with Gasteiger partial charge in [-0.25, -0.2) is 0 Å². The molecule has 0 bridgehead atoms.